The zero-order valence-corrected chi connectivity index (χ0v) is 9.92. The van der Waals surface area contributed by atoms with E-state index in [1.54, 1.807) is 0 Å². The fourth-order valence-corrected chi connectivity index (χ4v) is 2.29. The molecule has 2 nitrogen and oxygen atoms in total. The maximum absolute atomic E-state index is 4.48. The topological polar surface area (TPSA) is 24.9 Å². The molecule has 2 heterocycles. The number of rotatable bonds is 1. The molecule has 1 aliphatic rings. The molecule has 0 radical (unpaired) electrons. The Kier molecular flexibility index (Phi) is 3.19. The van der Waals surface area contributed by atoms with Gasteiger partial charge in [0, 0.05) is 22.3 Å². The molecule has 0 amide bonds. The lowest BCUT2D eigenvalue weighted by Gasteiger charge is -2.28. The van der Waals surface area contributed by atoms with Crippen LogP contribution in [-0.4, -0.2) is 18.1 Å². The zero-order chi connectivity index (χ0) is 9.97. The van der Waals surface area contributed by atoms with E-state index in [9.17, 15) is 0 Å². The van der Waals surface area contributed by atoms with E-state index in [1.807, 2.05) is 6.20 Å². The number of halogens is 1. The number of pyridine rings is 1. The maximum atomic E-state index is 4.48. The van der Waals surface area contributed by atoms with Crippen molar-refractivity contribution < 1.29 is 0 Å². The molecular weight excluding hydrogens is 240 g/mol. The molecule has 3 heteroatoms. The highest BCUT2D eigenvalue weighted by Gasteiger charge is 2.23. The monoisotopic (exact) mass is 254 g/mol. The van der Waals surface area contributed by atoms with Crippen LogP contribution in [0.2, 0.25) is 0 Å². The van der Waals surface area contributed by atoms with Gasteiger partial charge in [-0.25, -0.2) is 0 Å². The van der Waals surface area contributed by atoms with Gasteiger partial charge in [-0.1, -0.05) is 6.92 Å². The van der Waals surface area contributed by atoms with Crippen molar-refractivity contribution in [2.24, 2.45) is 5.92 Å². The molecule has 14 heavy (non-hydrogen) atoms. The Morgan fingerprint density at radius 2 is 2.36 bits per heavy atom. The summed E-state index contributed by atoms with van der Waals surface area (Å²) in [6.07, 6.45) is 3.10. The van der Waals surface area contributed by atoms with Gasteiger partial charge in [0.15, 0.2) is 0 Å². The van der Waals surface area contributed by atoms with Gasteiger partial charge >= 0.3 is 0 Å². The van der Waals surface area contributed by atoms with Crippen molar-refractivity contribution in [1.82, 2.24) is 10.3 Å². The largest absolute Gasteiger partial charge is 0.316 e. The van der Waals surface area contributed by atoms with Crippen LogP contribution in [0.1, 0.15) is 25.0 Å². The molecule has 1 saturated heterocycles. The van der Waals surface area contributed by atoms with E-state index in [4.69, 9.17) is 0 Å². The first-order chi connectivity index (χ1) is 6.77. The van der Waals surface area contributed by atoms with Gasteiger partial charge in [0.25, 0.3) is 0 Å². The van der Waals surface area contributed by atoms with Crippen molar-refractivity contribution >= 4 is 15.9 Å². The van der Waals surface area contributed by atoms with Crippen molar-refractivity contribution in [2.45, 2.75) is 19.3 Å². The van der Waals surface area contributed by atoms with Gasteiger partial charge in [-0.2, -0.15) is 0 Å². The fraction of sp³-hybridized carbons (Fsp3) is 0.545. The lowest BCUT2D eigenvalue weighted by atomic mass is 9.85. The summed E-state index contributed by atoms with van der Waals surface area (Å²) in [4.78, 5) is 4.48. The molecule has 0 aliphatic carbocycles. The highest BCUT2D eigenvalue weighted by Crippen LogP contribution is 2.28. The molecule has 1 aromatic heterocycles. The van der Waals surface area contributed by atoms with Gasteiger partial charge in [-0.15, -0.1) is 0 Å². The number of aromatic nitrogens is 1. The summed E-state index contributed by atoms with van der Waals surface area (Å²) in [5.41, 5.74) is 1.24. The van der Waals surface area contributed by atoms with E-state index in [0.717, 1.165) is 17.6 Å². The van der Waals surface area contributed by atoms with Crippen LogP contribution in [-0.2, 0) is 0 Å². The molecule has 0 aromatic carbocycles. The normalized spacial score (nSPS) is 27.6. The second-order valence-electron chi connectivity index (χ2n) is 3.98. The summed E-state index contributed by atoms with van der Waals surface area (Å²) in [6, 6.07) is 4.22. The number of hydrogen-bond acceptors (Lipinski definition) is 2. The fourth-order valence-electron chi connectivity index (χ4n) is 2.06. The Morgan fingerprint density at radius 1 is 1.50 bits per heavy atom. The van der Waals surface area contributed by atoms with E-state index in [1.165, 1.54) is 12.1 Å². The van der Waals surface area contributed by atoms with Crippen LogP contribution in [0, 0.1) is 5.92 Å². The summed E-state index contributed by atoms with van der Waals surface area (Å²) < 4.78 is 1.06. The summed E-state index contributed by atoms with van der Waals surface area (Å²) in [7, 11) is 0. The summed E-state index contributed by atoms with van der Waals surface area (Å²) in [5.74, 6) is 1.32. The average molecular weight is 255 g/mol. The minimum atomic E-state index is 0.629. The predicted molar refractivity (Wildman–Crippen MR) is 61.3 cm³/mol. The Bertz CT molecular complexity index is 297. The zero-order valence-electron chi connectivity index (χ0n) is 8.33. The van der Waals surface area contributed by atoms with E-state index >= 15 is 0 Å². The quantitative estimate of drug-likeness (QED) is 0.834. The number of piperidine rings is 1. The molecule has 2 rings (SSSR count). The second kappa shape index (κ2) is 4.41. The van der Waals surface area contributed by atoms with E-state index in [2.05, 4.69) is 45.3 Å². The van der Waals surface area contributed by atoms with Gasteiger partial charge in [0.05, 0.1) is 0 Å². The van der Waals surface area contributed by atoms with Crippen LogP contribution in [0.3, 0.4) is 0 Å². The minimum Gasteiger partial charge on any atom is -0.316 e. The van der Waals surface area contributed by atoms with Crippen LogP contribution in [0.25, 0.3) is 0 Å². The first kappa shape index (κ1) is 10.1. The standard InChI is InChI=1S/C11H15BrN2/c1-8-6-13-5-4-10(8)11-3-2-9(12)7-14-11/h2-3,7-8,10,13H,4-6H2,1H3. The van der Waals surface area contributed by atoms with Crippen molar-refractivity contribution in [3.8, 4) is 0 Å². The highest BCUT2D eigenvalue weighted by molar-refractivity contribution is 9.10. The molecule has 1 aromatic rings. The Labute approximate surface area is 93.3 Å². The SMILES string of the molecule is CC1CNCCC1c1ccc(Br)cn1. The molecular formula is C11H15BrN2. The smallest absolute Gasteiger partial charge is 0.0439 e. The van der Waals surface area contributed by atoms with Gasteiger partial charge in [0.2, 0.25) is 0 Å². The molecule has 1 aliphatic heterocycles. The third kappa shape index (κ3) is 2.15. The summed E-state index contributed by atoms with van der Waals surface area (Å²) in [5, 5.41) is 3.41. The molecule has 0 bridgehead atoms. The predicted octanol–water partition coefficient (Wildman–Crippen LogP) is 2.56. The molecule has 1 fully saturated rings. The lowest BCUT2D eigenvalue weighted by molar-refractivity contribution is 0.344. The van der Waals surface area contributed by atoms with E-state index in [-0.39, 0.29) is 0 Å². The lowest BCUT2D eigenvalue weighted by Crippen LogP contribution is -2.34. The highest BCUT2D eigenvalue weighted by atomic mass is 79.9. The molecule has 2 atom stereocenters. The Balaban J connectivity index is 2.16. The van der Waals surface area contributed by atoms with Crippen molar-refractivity contribution in [2.75, 3.05) is 13.1 Å². The van der Waals surface area contributed by atoms with Crippen LogP contribution in [0.4, 0.5) is 0 Å². The average Bonchev–Trinajstić information content (AvgIpc) is 2.20. The Hall–Kier alpha value is -0.410. The van der Waals surface area contributed by atoms with Gasteiger partial charge < -0.3 is 5.32 Å². The summed E-state index contributed by atoms with van der Waals surface area (Å²) >= 11 is 3.41. The van der Waals surface area contributed by atoms with Crippen molar-refractivity contribution in [1.29, 1.82) is 0 Å². The first-order valence-corrected chi connectivity index (χ1v) is 5.89. The van der Waals surface area contributed by atoms with Gasteiger partial charge in [0.1, 0.15) is 0 Å². The van der Waals surface area contributed by atoms with Crippen LogP contribution >= 0.6 is 15.9 Å². The second-order valence-corrected chi connectivity index (χ2v) is 4.89. The van der Waals surface area contributed by atoms with Crippen molar-refractivity contribution in [3.63, 3.8) is 0 Å². The maximum Gasteiger partial charge on any atom is 0.0439 e. The third-order valence-corrected chi connectivity index (χ3v) is 3.38. The number of nitrogens with zero attached hydrogens (tertiary/aromatic N) is 1. The van der Waals surface area contributed by atoms with Crippen LogP contribution in [0.15, 0.2) is 22.8 Å². The van der Waals surface area contributed by atoms with E-state index < -0.39 is 0 Å². The van der Waals surface area contributed by atoms with Gasteiger partial charge in [-0.3, -0.25) is 4.98 Å². The number of hydrogen-bond donors (Lipinski definition) is 1. The molecule has 1 N–H and O–H groups in total. The molecule has 76 valence electrons. The van der Waals surface area contributed by atoms with E-state index in [0.29, 0.717) is 11.8 Å². The number of nitrogens with one attached hydrogen (secondary N) is 1. The van der Waals surface area contributed by atoms with Crippen LogP contribution in [0.5, 0.6) is 0 Å². The van der Waals surface area contributed by atoms with Gasteiger partial charge in [-0.05, 0) is 53.5 Å². The first-order valence-electron chi connectivity index (χ1n) is 5.09. The summed E-state index contributed by atoms with van der Waals surface area (Å²) in [6.45, 7) is 4.52. The minimum absolute atomic E-state index is 0.629. The molecule has 0 spiro atoms. The van der Waals surface area contributed by atoms with Crippen molar-refractivity contribution in [3.05, 3.63) is 28.5 Å². The Morgan fingerprint density at radius 3 is 3.00 bits per heavy atom. The molecule has 0 saturated carbocycles. The third-order valence-electron chi connectivity index (χ3n) is 2.92. The van der Waals surface area contributed by atoms with Crippen LogP contribution < -0.4 is 5.32 Å². The molecule has 2 unspecified atom stereocenters.